The summed E-state index contributed by atoms with van der Waals surface area (Å²) in [5, 5.41) is 10.3. The van der Waals surface area contributed by atoms with Gasteiger partial charge in [-0.15, -0.1) is 0 Å². The molecule has 1 heterocycles. The van der Waals surface area contributed by atoms with Crippen LogP contribution in [-0.4, -0.2) is 16.1 Å². The maximum atomic E-state index is 11.9. The molecule has 0 saturated heterocycles. The van der Waals surface area contributed by atoms with E-state index in [1.165, 1.54) is 0 Å². The molecule has 0 atom stereocenters. The lowest BCUT2D eigenvalue weighted by molar-refractivity contribution is 0.102. The molecule has 1 aromatic carbocycles. The molecule has 0 radical (unpaired) electrons. The summed E-state index contributed by atoms with van der Waals surface area (Å²) >= 11 is 11.7. The van der Waals surface area contributed by atoms with Crippen LogP contribution in [0.4, 0.5) is 5.82 Å². The molecule has 0 spiro atoms. The zero-order chi connectivity index (χ0) is 13.1. The maximum Gasteiger partial charge on any atom is 0.256 e. The van der Waals surface area contributed by atoms with E-state index < -0.39 is 0 Å². The molecule has 6 heteroatoms. The number of anilines is 1. The van der Waals surface area contributed by atoms with Crippen LogP contribution in [-0.2, 0) is 6.42 Å². The third-order valence-corrected chi connectivity index (χ3v) is 2.81. The molecule has 2 rings (SSSR count). The Kier molecular flexibility index (Phi) is 3.89. The Morgan fingerprint density at radius 1 is 1.28 bits per heavy atom. The summed E-state index contributed by atoms with van der Waals surface area (Å²) in [7, 11) is 0. The highest BCUT2D eigenvalue weighted by molar-refractivity contribution is 6.35. The molecule has 0 saturated carbocycles. The Labute approximate surface area is 114 Å². The van der Waals surface area contributed by atoms with Gasteiger partial charge in [-0.25, -0.2) is 0 Å². The summed E-state index contributed by atoms with van der Waals surface area (Å²) in [6.45, 7) is 2.00. The molecule has 2 aromatic rings. The number of nitrogens with zero attached hydrogens (tertiary/aromatic N) is 1. The first-order valence-corrected chi connectivity index (χ1v) is 6.16. The summed E-state index contributed by atoms with van der Waals surface area (Å²) < 4.78 is 0. The molecule has 1 aromatic heterocycles. The van der Waals surface area contributed by atoms with E-state index in [4.69, 9.17) is 23.2 Å². The van der Waals surface area contributed by atoms with E-state index in [0.717, 1.165) is 12.1 Å². The van der Waals surface area contributed by atoms with E-state index in [9.17, 15) is 4.79 Å². The van der Waals surface area contributed by atoms with Gasteiger partial charge in [0.05, 0.1) is 0 Å². The van der Waals surface area contributed by atoms with Gasteiger partial charge in [-0.3, -0.25) is 9.89 Å². The van der Waals surface area contributed by atoms with Gasteiger partial charge in [0.25, 0.3) is 5.91 Å². The van der Waals surface area contributed by atoms with Crippen LogP contribution in [0.25, 0.3) is 0 Å². The van der Waals surface area contributed by atoms with Gasteiger partial charge < -0.3 is 5.32 Å². The summed E-state index contributed by atoms with van der Waals surface area (Å²) in [5.74, 6) is 0.182. The fourth-order valence-electron chi connectivity index (χ4n) is 1.48. The Morgan fingerprint density at radius 3 is 2.50 bits per heavy atom. The lowest BCUT2D eigenvalue weighted by Crippen LogP contribution is -2.12. The first-order valence-electron chi connectivity index (χ1n) is 5.40. The number of hydrogen-bond acceptors (Lipinski definition) is 2. The Balaban J connectivity index is 2.16. The van der Waals surface area contributed by atoms with Gasteiger partial charge in [-0.2, -0.15) is 5.10 Å². The topological polar surface area (TPSA) is 57.8 Å². The fraction of sp³-hybridized carbons (Fsp3) is 0.167. The number of rotatable bonds is 3. The summed E-state index contributed by atoms with van der Waals surface area (Å²) in [4.78, 5) is 11.9. The van der Waals surface area contributed by atoms with Gasteiger partial charge in [0, 0.05) is 27.4 Å². The second-order valence-corrected chi connectivity index (χ2v) is 4.62. The number of nitrogens with one attached hydrogen (secondary N) is 2. The monoisotopic (exact) mass is 283 g/mol. The van der Waals surface area contributed by atoms with Crippen LogP contribution in [0.15, 0.2) is 24.3 Å². The van der Waals surface area contributed by atoms with E-state index in [2.05, 4.69) is 15.5 Å². The van der Waals surface area contributed by atoms with Gasteiger partial charge in [0.1, 0.15) is 0 Å². The molecular weight excluding hydrogens is 273 g/mol. The minimum Gasteiger partial charge on any atom is -0.305 e. The summed E-state index contributed by atoms with van der Waals surface area (Å²) in [5.41, 5.74) is 1.35. The average molecular weight is 284 g/mol. The number of aromatic amines is 1. The third-order valence-electron chi connectivity index (χ3n) is 2.38. The fourth-order valence-corrected chi connectivity index (χ4v) is 2.01. The van der Waals surface area contributed by atoms with E-state index in [1.54, 1.807) is 24.3 Å². The second-order valence-electron chi connectivity index (χ2n) is 3.74. The first-order chi connectivity index (χ1) is 8.58. The molecule has 0 bridgehead atoms. The molecule has 1 amide bonds. The van der Waals surface area contributed by atoms with Crippen molar-refractivity contribution in [1.29, 1.82) is 0 Å². The highest BCUT2D eigenvalue weighted by atomic mass is 35.5. The van der Waals surface area contributed by atoms with Crippen molar-refractivity contribution >= 4 is 34.9 Å². The Morgan fingerprint density at radius 2 is 1.94 bits per heavy atom. The number of benzene rings is 1. The average Bonchev–Trinajstić information content (AvgIpc) is 2.75. The van der Waals surface area contributed by atoms with Gasteiger partial charge >= 0.3 is 0 Å². The van der Waals surface area contributed by atoms with Crippen molar-refractivity contribution in [2.45, 2.75) is 13.3 Å². The van der Waals surface area contributed by atoms with Gasteiger partial charge in [0.15, 0.2) is 5.82 Å². The van der Waals surface area contributed by atoms with Crippen LogP contribution in [0.1, 0.15) is 23.0 Å². The largest absolute Gasteiger partial charge is 0.305 e. The molecule has 4 nitrogen and oxygen atoms in total. The molecule has 0 aliphatic carbocycles. The number of carbonyl (C=O) groups excluding carboxylic acids is 1. The number of halogens is 2. The minimum atomic E-state index is -0.298. The van der Waals surface area contributed by atoms with Crippen molar-refractivity contribution in [3.63, 3.8) is 0 Å². The molecule has 0 fully saturated rings. The van der Waals surface area contributed by atoms with E-state index in [-0.39, 0.29) is 5.91 Å². The molecule has 0 aliphatic heterocycles. The SMILES string of the molecule is CCc1cc(NC(=O)c2cc(Cl)cc(Cl)c2)n[nH]1. The lowest BCUT2D eigenvalue weighted by Gasteiger charge is -2.03. The summed E-state index contributed by atoms with van der Waals surface area (Å²) in [6.07, 6.45) is 0.825. The predicted molar refractivity (Wildman–Crippen MR) is 72.4 cm³/mol. The van der Waals surface area contributed by atoms with Gasteiger partial charge in [-0.05, 0) is 24.6 Å². The zero-order valence-corrected chi connectivity index (χ0v) is 11.1. The molecular formula is C12H11Cl2N3O. The van der Waals surface area contributed by atoms with Crippen LogP contribution in [0.2, 0.25) is 10.0 Å². The molecule has 0 unspecified atom stereocenters. The van der Waals surface area contributed by atoms with Crippen LogP contribution in [0.3, 0.4) is 0 Å². The van der Waals surface area contributed by atoms with Crippen molar-refractivity contribution in [2.75, 3.05) is 5.32 Å². The summed E-state index contributed by atoms with van der Waals surface area (Å²) in [6, 6.07) is 6.46. The smallest absolute Gasteiger partial charge is 0.256 e. The second kappa shape index (κ2) is 5.42. The van der Waals surface area contributed by atoms with Crippen LogP contribution < -0.4 is 5.32 Å². The lowest BCUT2D eigenvalue weighted by atomic mass is 10.2. The van der Waals surface area contributed by atoms with Crippen molar-refractivity contribution in [3.8, 4) is 0 Å². The Bertz CT molecular complexity index is 560. The van der Waals surface area contributed by atoms with Crippen molar-refractivity contribution in [2.24, 2.45) is 0 Å². The van der Waals surface area contributed by atoms with Crippen LogP contribution in [0.5, 0.6) is 0 Å². The highest BCUT2D eigenvalue weighted by Gasteiger charge is 2.10. The standard InChI is InChI=1S/C12H11Cl2N3O/c1-2-10-6-11(17-16-10)15-12(18)7-3-8(13)5-9(14)4-7/h3-6H,2H2,1H3,(H2,15,16,17,18). The van der Waals surface area contributed by atoms with Crippen molar-refractivity contribution in [1.82, 2.24) is 10.2 Å². The highest BCUT2D eigenvalue weighted by Crippen LogP contribution is 2.19. The number of aryl methyl sites for hydroxylation is 1. The van der Waals surface area contributed by atoms with E-state index >= 15 is 0 Å². The van der Waals surface area contributed by atoms with Crippen molar-refractivity contribution in [3.05, 3.63) is 45.6 Å². The number of amides is 1. The van der Waals surface area contributed by atoms with Gasteiger partial charge in [0.2, 0.25) is 0 Å². The number of aromatic nitrogens is 2. The normalized spacial score (nSPS) is 10.4. The van der Waals surface area contributed by atoms with E-state index in [1.807, 2.05) is 6.92 Å². The number of H-pyrrole nitrogens is 1. The third kappa shape index (κ3) is 3.03. The quantitative estimate of drug-likeness (QED) is 0.905. The van der Waals surface area contributed by atoms with E-state index in [0.29, 0.717) is 21.4 Å². The molecule has 94 valence electrons. The van der Waals surface area contributed by atoms with Crippen LogP contribution in [0, 0.1) is 0 Å². The molecule has 2 N–H and O–H groups in total. The Hall–Kier alpha value is -1.52. The maximum absolute atomic E-state index is 11.9. The zero-order valence-electron chi connectivity index (χ0n) is 9.63. The van der Waals surface area contributed by atoms with Crippen molar-refractivity contribution < 1.29 is 4.79 Å². The minimum absolute atomic E-state index is 0.298. The predicted octanol–water partition coefficient (Wildman–Crippen LogP) is 3.53. The number of carbonyl (C=O) groups is 1. The molecule has 0 aliphatic rings. The van der Waals surface area contributed by atoms with Crippen LogP contribution >= 0.6 is 23.2 Å². The molecule has 18 heavy (non-hydrogen) atoms. The first kappa shape index (κ1) is 12.9. The number of hydrogen-bond donors (Lipinski definition) is 2. The van der Waals surface area contributed by atoms with Gasteiger partial charge in [-0.1, -0.05) is 30.1 Å².